The number of fused-ring (bicyclic) bond motifs is 1. The van der Waals surface area contributed by atoms with E-state index >= 15 is 0 Å². The lowest BCUT2D eigenvalue weighted by Gasteiger charge is -2.09. The van der Waals surface area contributed by atoms with Crippen molar-refractivity contribution in [3.05, 3.63) is 70.2 Å². The molecule has 0 aliphatic rings. The average Bonchev–Trinajstić information content (AvgIpc) is 2.48. The lowest BCUT2D eigenvalue weighted by molar-refractivity contribution is 0.481. The van der Waals surface area contributed by atoms with Crippen LogP contribution in [-0.2, 0) is 5.75 Å². The minimum atomic E-state index is 0.305. The molecule has 0 atom stereocenters. The molecule has 0 aromatic heterocycles. The highest BCUT2D eigenvalue weighted by Gasteiger charge is 2.07. The molecule has 0 heterocycles. The number of hydrogen-bond donors (Lipinski definition) is 1. The van der Waals surface area contributed by atoms with Gasteiger partial charge in [0.2, 0.25) is 0 Å². The van der Waals surface area contributed by atoms with E-state index in [1.165, 1.54) is 0 Å². The molecule has 21 heavy (non-hydrogen) atoms. The normalized spacial score (nSPS) is 11.0. The smallest absolute Gasteiger partial charge is 0.123 e. The van der Waals surface area contributed by atoms with Crippen LogP contribution < -0.4 is 0 Å². The summed E-state index contributed by atoms with van der Waals surface area (Å²) in [5.41, 5.74) is 1.04. The molecule has 1 N–H and O–H groups in total. The van der Waals surface area contributed by atoms with Crippen molar-refractivity contribution in [1.82, 2.24) is 0 Å². The second-order valence-corrected chi connectivity index (χ2v) is 6.51. The van der Waals surface area contributed by atoms with E-state index in [1.54, 1.807) is 23.9 Å². The lowest BCUT2D eigenvalue weighted by Crippen LogP contribution is -1.84. The van der Waals surface area contributed by atoms with Crippen molar-refractivity contribution in [2.45, 2.75) is 10.6 Å². The number of benzene rings is 3. The van der Waals surface area contributed by atoms with Gasteiger partial charge in [0.05, 0.1) is 0 Å². The highest BCUT2D eigenvalue weighted by atomic mass is 35.5. The number of phenolic OH excluding ortho intramolecular Hbond substituents is 1. The first kappa shape index (κ1) is 14.6. The minimum absolute atomic E-state index is 0.305. The first-order chi connectivity index (χ1) is 10.1. The van der Waals surface area contributed by atoms with Crippen LogP contribution in [-0.4, -0.2) is 5.11 Å². The summed E-state index contributed by atoms with van der Waals surface area (Å²) in [4.78, 5) is 1.12. The molecule has 0 spiro atoms. The molecule has 3 aromatic carbocycles. The van der Waals surface area contributed by atoms with E-state index in [9.17, 15) is 5.11 Å². The van der Waals surface area contributed by atoms with E-state index in [-0.39, 0.29) is 0 Å². The van der Waals surface area contributed by atoms with Gasteiger partial charge < -0.3 is 5.11 Å². The van der Waals surface area contributed by atoms with Crippen LogP contribution in [0.3, 0.4) is 0 Å². The molecule has 0 amide bonds. The van der Waals surface area contributed by atoms with Crippen LogP contribution in [0.15, 0.2) is 59.5 Å². The van der Waals surface area contributed by atoms with Gasteiger partial charge >= 0.3 is 0 Å². The maximum atomic E-state index is 9.91. The maximum absolute atomic E-state index is 9.91. The van der Waals surface area contributed by atoms with Gasteiger partial charge in [0.1, 0.15) is 5.75 Å². The van der Waals surface area contributed by atoms with Crippen LogP contribution in [0.25, 0.3) is 10.8 Å². The summed E-state index contributed by atoms with van der Waals surface area (Å²) >= 11 is 13.8. The summed E-state index contributed by atoms with van der Waals surface area (Å²) < 4.78 is 0. The molecule has 1 nitrogen and oxygen atoms in total. The van der Waals surface area contributed by atoms with Crippen molar-refractivity contribution in [1.29, 1.82) is 0 Å². The fourth-order valence-electron chi connectivity index (χ4n) is 2.18. The Labute approximate surface area is 137 Å². The van der Waals surface area contributed by atoms with E-state index in [0.717, 1.165) is 27.0 Å². The Bertz CT molecular complexity index is 802. The first-order valence-electron chi connectivity index (χ1n) is 6.42. The molecule has 106 valence electrons. The number of aromatic hydroxyl groups is 1. The largest absolute Gasteiger partial charge is 0.507 e. The third-order valence-corrected chi connectivity index (χ3v) is 4.97. The molecule has 0 aliphatic carbocycles. The summed E-state index contributed by atoms with van der Waals surface area (Å²) in [6, 6.07) is 17.0. The van der Waals surface area contributed by atoms with Crippen molar-refractivity contribution in [3.8, 4) is 5.75 Å². The summed E-state index contributed by atoms with van der Waals surface area (Å²) in [7, 11) is 0. The summed E-state index contributed by atoms with van der Waals surface area (Å²) in [5, 5.41) is 13.1. The number of thioether (sulfide) groups is 1. The molecule has 0 unspecified atom stereocenters. The summed E-state index contributed by atoms with van der Waals surface area (Å²) in [6.07, 6.45) is 0. The van der Waals surface area contributed by atoms with Crippen molar-refractivity contribution in [2.75, 3.05) is 0 Å². The monoisotopic (exact) mass is 334 g/mol. The van der Waals surface area contributed by atoms with Gasteiger partial charge in [-0.2, -0.15) is 0 Å². The molecule has 3 aromatic rings. The Morgan fingerprint density at radius 3 is 2.43 bits per heavy atom. The SMILES string of the molecule is Oc1ccc(SCc2ccc(Cl)cc2Cl)c2ccccc12. The Kier molecular flexibility index (Phi) is 4.29. The second-order valence-electron chi connectivity index (χ2n) is 4.65. The number of hydrogen-bond acceptors (Lipinski definition) is 2. The molecule has 4 heteroatoms. The van der Waals surface area contributed by atoms with Gasteiger partial charge in [0.25, 0.3) is 0 Å². The molecular formula is C17H12Cl2OS. The molecule has 0 aliphatic heterocycles. The highest BCUT2D eigenvalue weighted by molar-refractivity contribution is 7.98. The zero-order valence-electron chi connectivity index (χ0n) is 11.0. The van der Waals surface area contributed by atoms with Gasteiger partial charge in [0, 0.05) is 26.1 Å². The zero-order chi connectivity index (χ0) is 14.8. The van der Waals surface area contributed by atoms with E-state index in [4.69, 9.17) is 23.2 Å². The van der Waals surface area contributed by atoms with Crippen LogP contribution in [0.1, 0.15) is 5.56 Å². The van der Waals surface area contributed by atoms with E-state index in [1.807, 2.05) is 42.5 Å². The van der Waals surface area contributed by atoms with E-state index in [2.05, 4.69) is 0 Å². The molecular weight excluding hydrogens is 323 g/mol. The van der Waals surface area contributed by atoms with Gasteiger partial charge in [-0.3, -0.25) is 0 Å². The van der Waals surface area contributed by atoms with Crippen LogP contribution >= 0.6 is 35.0 Å². The Morgan fingerprint density at radius 1 is 0.905 bits per heavy atom. The van der Waals surface area contributed by atoms with Crippen molar-refractivity contribution < 1.29 is 5.11 Å². The zero-order valence-corrected chi connectivity index (χ0v) is 13.3. The Morgan fingerprint density at radius 2 is 1.67 bits per heavy atom. The van der Waals surface area contributed by atoms with Crippen LogP contribution in [0.4, 0.5) is 0 Å². The van der Waals surface area contributed by atoms with Crippen LogP contribution in [0, 0.1) is 0 Å². The van der Waals surface area contributed by atoms with Crippen molar-refractivity contribution >= 4 is 45.7 Å². The Balaban J connectivity index is 1.90. The van der Waals surface area contributed by atoms with Gasteiger partial charge in [-0.15, -0.1) is 11.8 Å². The minimum Gasteiger partial charge on any atom is -0.507 e. The molecule has 0 bridgehead atoms. The second kappa shape index (κ2) is 6.18. The number of phenols is 1. The maximum Gasteiger partial charge on any atom is 0.123 e. The third kappa shape index (κ3) is 3.13. The number of halogens is 2. The highest BCUT2D eigenvalue weighted by Crippen LogP contribution is 2.36. The quantitative estimate of drug-likeness (QED) is 0.580. The Hall–Kier alpha value is -1.35. The third-order valence-electron chi connectivity index (χ3n) is 3.26. The van der Waals surface area contributed by atoms with Gasteiger partial charge in [-0.1, -0.05) is 53.5 Å². The average molecular weight is 335 g/mol. The molecule has 3 rings (SSSR count). The molecule has 0 saturated carbocycles. The molecule has 0 fully saturated rings. The van der Waals surface area contributed by atoms with Crippen LogP contribution in [0.5, 0.6) is 5.75 Å². The fraction of sp³-hybridized carbons (Fsp3) is 0.0588. The predicted octanol–water partition coefficient (Wildman–Crippen LogP) is 6.14. The van der Waals surface area contributed by atoms with Crippen molar-refractivity contribution in [2.24, 2.45) is 0 Å². The molecule has 0 radical (unpaired) electrons. The van der Waals surface area contributed by atoms with Gasteiger partial charge in [0.15, 0.2) is 0 Å². The topological polar surface area (TPSA) is 20.2 Å². The van der Waals surface area contributed by atoms with E-state index in [0.29, 0.717) is 15.8 Å². The predicted molar refractivity (Wildman–Crippen MR) is 91.6 cm³/mol. The van der Waals surface area contributed by atoms with E-state index < -0.39 is 0 Å². The van der Waals surface area contributed by atoms with Crippen molar-refractivity contribution in [3.63, 3.8) is 0 Å². The molecule has 0 saturated heterocycles. The van der Waals surface area contributed by atoms with Gasteiger partial charge in [-0.05, 0) is 35.2 Å². The standard InChI is InChI=1S/C17H12Cl2OS/c18-12-6-5-11(15(19)9-12)10-21-17-8-7-16(20)13-3-1-2-4-14(13)17/h1-9,20H,10H2. The number of rotatable bonds is 3. The lowest BCUT2D eigenvalue weighted by atomic mass is 10.1. The van der Waals surface area contributed by atoms with Crippen LogP contribution in [0.2, 0.25) is 10.0 Å². The summed E-state index contributed by atoms with van der Waals surface area (Å²) in [6.45, 7) is 0. The summed E-state index contributed by atoms with van der Waals surface area (Å²) in [5.74, 6) is 1.06. The van der Waals surface area contributed by atoms with Gasteiger partial charge in [-0.25, -0.2) is 0 Å². The first-order valence-corrected chi connectivity index (χ1v) is 8.17. The fourth-order valence-corrected chi connectivity index (χ4v) is 3.79.